The minimum atomic E-state index is -0.914. The molecule has 0 aromatic heterocycles. The Kier molecular flexibility index (Phi) is 4.17. The van der Waals surface area contributed by atoms with Gasteiger partial charge in [0.15, 0.2) is 0 Å². The fraction of sp³-hybridized carbons (Fsp3) is 0. The van der Waals surface area contributed by atoms with Crippen LogP contribution in [-0.2, 0) is 0 Å². The molecule has 19 heavy (non-hydrogen) atoms. The zero-order chi connectivity index (χ0) is 14.0. The van der Waals surface area contributed by atoms with Crippen molar-refractivity contribution in [3.05, 3.63) is 63.1 Å². The summed E-state index contributed by atoms with van der Waals surface area (Å²) in [6.45, 7) is 0. The number of hydrogen-bond donors (Lipinski definition) is 1. The SMILES string of the molecule is O=C(Nc1ccc(Cl)cc1Br)c1ccc(F)cc1F. The first kappa shape index (κ1) is 14.0. The average molecular weight is 347 g/mol. The van der Waals surface area contributed by atoms with Crippen molar-refractivity contribution in [2.24, 2.45) is 0 Å². The van der Waals surface area contributed by atoms with Crippen LogP contribution < -0.4 is 5.32 Å². The molecule has 1 amide bonds. The summed E-state index contributed by atoms with van der Waals surface area (Å²) in [5.41, 5.74) is 0.210. The lowest BCUT2D eigenvalue weighted by molar-refractivity contribution is 0.102. The Morgan fingerprint density at radius 2 is 1.89 bits per heavy atom. The number of hydrogen-bond acceptors (Lipinski definition) is 1. The Morgan fingerprint density at radius 1 is 1.16 bits per heavy atom. The van der Waals surface area contributed by atoms with Crippen molar-refractivity contribution in [2.75, 3.05) is 5.32 Å². The fourth-order valence-electron chi connectivity index (χ4n) is 1.45. The van der Waals surface area contributed by atoms with Crippen LogP contribution >= 0.6 is 27.5 Å². The molecule has 0 heterocycles. The summed E-state index contributed by atoms with van der Waals surface area (Å²) < 4.78 is 26.8. The van der Waals surface area contributed by atoms with Crippen LogP contribution in [0.5, 0.6) is 0 Å². The largest absolute Gasteiger partial charge is 0.321 e. The maximum atomic E-state index is 13.4. The van der Waals surface area contributed by atoms with Crippen molar-refractivity contribution >= 4 is 39.1 Å². The molecule has 0 saturated heterocycles. The van der Waals surface area contributed by atoms with Gasteiger partial charge in [-0.1, -0.05) is 11.6 Å². The average Bonchev–Trinajstić information content (AvgIpc) is 2.32. The zero-order valence-electron chi connectivity index (χ0n) is 9.38. The van der Waals surface area contributed by atoms with Crippen LogP contribution in [0.1, 0.15) is 10.4 Å². The molecule has 0 saturated carbocycles. The van der Waals surface area contributed by atoms with Gasteiger partial charge in [-0.25, -0.2) is 8.78 Å². The van der Waals surface area contributed by atoms with Crippen LogP contribution in [0.3, 0.4) is 0 Å². The Labute approximate surface area is 121 Å². The molecule has 0 spiro atoms. The van der Waals surface area contributed by atoms with E-state index in [4.69, 9.17) is 11.6 Å². The third-order valence-corrected chi connectivity index (χ3v) is 3.25. The van der Waals surface area contributed by atoms with Gasteiger partial charge in [0.1, 0.15) is 11.6 Å². The highest BCUT2D eigenvalue weighted by molar-refractivity contribution is 9.10. The van der Waals surface area contributed by atoms with Crippen LogP contribution in [-0.4, -0.2) is 5.91 Å². The molecule has 0 radical (unpaired) electrons. The predicted octanol–water partition coefficient (Wildman–Crippen LogP) is 4.63. The van der Waals surface area contributed by atoms with Gasteiger partial charge < -0.3 is 5.32 Å². The van der Waals surface area contributed by atoms with Gasteiger partial charge in [0.05, 0.1) is 11.3 Å². The van der Waals surface area contributed by atoms with Gasteiger partial charge in [0.2, 0.25) is 0 Å². The molecule has 98 valence electrons. The van der Waals surface area contributed by atoms with Crippen LogP contribution in [0.4, 0.5) is 14.5 Å². The highest BCUT2D eigenvalue weighted by Gasteiger charge is 2.13. The van der Waals surface area contributed by atoms with E-state index < -0.39 is 17.5 Å². The first-order valence-electron chi connectivity index (χ1n) is 5.19. The summed E-state index contributed by atoms with van der Waals surface area (Å²) in [7, 11) is 0. The molecule has 0 aliphatic carbocycles. The predicted molar refractivity (Wildman–Crippen MR) is 73.5 cm³/mol. The first-order chi connectivity index (χ1) is 8.97. The van der Waals surface area contributed by atoms with Crippen molar-refractivity contribution in [1.82, 2.24) is 0 Å². The smallest absolute Gasteiger partial charge is 0.258 e. The number of benzene rings is 2. The Balaban J connectivity index is 2.25. The third kappa shape index (κ3) is 3.30. The van der Waals surface area contributed by atoms with Gasteiger partial charge in [0.25, 0.3) is 5.91 Å². The minimum absolute atomic E-state index is 0.233. The molecule has 2 nitrogen and oxygen atoms in total. The second kappa shape index (κ2) is 5.67. The number of amides is 1. The maximum absolute atomic E-state index is 13.4. The van der Waals surface area contributed by atoms with E-state index in [0.29, 0.717) is 21.2 Å². The van der Waals surface area contributed by atoms with Gasteiger partial charge in [-0.2, -0.15) is 0 Å². The molecule has 2 aromatic carbocycles. The topological polar surface area (TPSA) is 29.1 Å². The molecule has 0 aliphatic heterocycles. The van der Waals surface area contributed by atoms with Gasteiger partial charge in [0, 0.05) is 15.6 Å². The van der Waals surface area contributed by atoms with Crippen molar-refractivity contribution < 1.29 is 13.6 Å². The van der Waals surface area contributed by atoms with E-state index >= 15 is 0 Å². The van der Waals surface area contributed by atoms with E-state index in [-0.39, 0.29) is 5.56 Å². The second-order valence-corrected chi connectivity index (χ2v) is 4.99. The van der Waals surface area contributed by atoms with Crippen LogP contribution in [0.25, 0.3) is 0 Å². The summed E-state index contributed by atoms with van der Waals surface area (Å²) in [6.07, 6.45) is 0. The molecular formula is C13H7BrClF2NO. The summed E-state index contributed by atoms with van der Waals surface area (Å²) in [5.74, 6) is -2.31. The van der Waals surface area contributed by atoms with Crippen LogP contribution in [0.15, 0.2) is 40.9 Å². The summed E-state index contributed by atoms with van der Waals surface area (Å²) in [6, 6.07) is 7.53. The van der Waals surface area contributed by atoms with E-state index in [1.54, 1.807) is 18.2 Å². The quantitative estimate of drug-likeness (QED) is 0.844. The standard InChI is InChI=1S/C13H7BrClF2NO/c14-10-5-7(15)1-4-12(10)18-13(19)9-3-2-8(16)6-11(9)17/h1-6H,(H,18,19). The highest BCUT2D eigenvalue weighted by atomic mass is 79.9. The molecule has 0 fully saturated rings. The maximum Gasteiger partial charge on any atom is 0.258 e. The number of rotatable bonds is 2. The van der Waals surface area contributed by atoms with Crippen LogP contribution in [0, 0.1) is 11.6 Å². The number of anilines is 1. The van der Waals surface area contributed by atoms with Gasteiger partial charge in [-0.05, 0) is 46.3 Å². The van der Waals surface area contributed by atoms with E-state index in [2.05, 4.69) is 21.2 Å². The molecule has 0 bridgehead atoms. The first-order valence-corrected chi connectivity index (χ1v) is 6.36. The lowest BCUT2D eigenvalue weighted by Crippen LogP contribution is -2.14. The number of halogens is 4. The van der Waals surface area contributed by atoms with Crippen molar-refractivity contribution in [1.29, 1.82) is 0 Å². The van der Waals surface area contributed by atoms with Crippen molar-refractivity contribution in [3.8, 4) is 0 Å². The summed E-state index contributed by atoms with van der Waals surface area (Å²) in [5, 5.41) is 3.01. The molecule has 2 rings (SSSR count). The summed E-state index contributed by atoms with van der Waals surface area (Å²) >= 11 is 8.99. The van der Waals surface area contributed by atoms with Gasteiger partial charge >= 0.3 is 0 Å². The lowest BCUT2D eigenvalue weighted by Gasteiger charge is -2.08. The minimum Gasteiger partial charge on any atom is -0.321 e. The number of carbonyl (C=O) groups excluding carboxylic acids is 1. The Hall–Kier alpha value is -1.46. The van der Waals surface area contributed by atoms with Gasteiger partial charge in [-0.3, -0.25) is 4.79 Å². The summed E-state index contributed by atoms with van der Waals surface area (Å²) in [4.78, 5) is 11.9. The van der Waals surface area contributed by atoms with Crippen molar-refractivity contribution in [3.63, 3.8) is 0 Å². The van der Waals surface area contributed by atoms with Crippen molar-refractivity contribution in [2.45, 2.75) is 0 Å². The molecule has 6 heteroatoms. The number of nitrogens with one attached hydrogen (secondary N) is 1. The molecule has 0 atom stereocenters. The van der Waals surface area contributed by atoms with Gasteiger partial charge in [-0.15, -0.1) is 0 Å². The second-order valence-electron chi connectivity index (χ2n) is 3.70. The van der Waals surface area contributed by atoms with Crippen LogP contribution in [0.2, 0.25) is 5.02 Å². The molecular weight excluding hydrogens is 340 g/mol. The fourth-order valence-corrected chi connectivity index (χ4v) is 2.24. The van der Waals surface area contributed by atoms with E-state index in [9.17, 15) is 13.6 Å². The monoisotopic (exact) mass is 345 g/mol. The molecule has 0 aliphatic rings. The molecule has 1 N–H and O–H groups in total. The Morgan fingerprint density at radius 3 is 2.53 bits per heavy atom. The Bertz CT molecular complexity index is 649. The molecule has 2 aromatic rings. The molecule has 0 unspecified atom stereocenters. The van der Waals surface area contributed by atoms with E-state index in [1.807, 2.05) is 0 Å². The van der Waals surface area contributed by atoms with E-state index in [0.717, 1.165) is 12.1 Å². The highest BCUT2D eigenvalue weighted by Crippen LogP contribution is 2.26. The van der Waals surface area contributed by atoms with E-state index in [1.165, 1.54) is 0 Å². The third-order valence-electron chi connectivity index (χ3n) is 2.36. The normalized spacial score (nSPS) is 10.3. The number of carbonyl (C=O) groups is 1. The lowest BCUT2D eigenvalue weighted by atomic mass is 10.2. The zero-order valence-corrected chi connectivity index (χ0v) is 11.7.